The van der Waals surface area contributed by atoms with Crippen molar-refractivity contribution in [3.63, 3.8) is 0 Å². The molecule has 0 saturated heterocycles. The molecule has 0 aliphatic carbocycles. The number of hydrogen-bond donors (Lipinski definition) is 0. The zero-order valence-corrected chi connectivity index (χ0v) is 13.7. The molecular formula is C14H14O3Se2. The van der Waals surface area contributed by atoms with Gasteiger partial charge in [0.1, 0.15) is 0 Å². The van der Waals surface area contributed by atoms with Crippen LogP contribution in [0, 0.1) is 0 Å². The first-order valence-corrected chi connectivity index (χ1v) is 11.0. The number of hydrogen-bond acceptors (Lipinski definition) is 3. The Hall–Kier alpha value is -0.961. The van der Waals surface area contributed by atoms with Crippen LogP contribution in [0.1, 0.15) is 11.1 Å². The van der Waals surface area contributed by atoms with Crippen molar-refractivity contribution in [2.45, 2.75) is 10.6 Å². The van der Waals surface area contributed by atoms with Gasteiger partial charge in [-0.1, -0.05) is 0 Å². The summed E-state index contributed by atoms with van der Waals surface area (Å²) in [7, 11) is 0. The molecule has 0 amide bonds. The molecule has 0 spiro atoms. The maximum absolute atomic E-state index is 11.8. The summed E-state index contributed by atoms with van der Waals surface area (Å²) in [6.07, 6.45) is 0. The number of rotatable bonds is 6. The SMILES string of the molecule is O=[Se](Cc1ccccc1)O[Se](=O)Cc1ccccc1. The summed E-state index contributed by atoms with van der Waals surface area (Å²) in [5.74, 6) is 0. The molecule has 0 N–H and O–H groups in total. The Labute approximate surface area is 121 Å². The van der Waals surface area contributed by atoms with Crippen LogP contribution in [-0.4, -0.2) is 28.3 Å². The van der Waals surface area contributed by atoms with Crippen LogP contribution in [0.3, 0.4) is 0 Å². The van der Waals surface area contributed by atoms with E-state index in [0.717, 1.165) is 11.1 Å². The van der Waals surface area contributed by atoms with E-state index in [1.54, 1.807) is 0 Å². The molecule has 5 heteroatoms. The third kappa shape index (κ3) is 5.27. The van der Waals surface area contributed by atoms with Crippen molar-refractivity contribution in [3.05, 3.63) is 71.8 Å². The summed E-state index contributed by atoms with van der Waals surface area (Å²) in [5, 5.41) is 0.746. The van der Waals surface area contributed by atoms with Gasteiger partial charge >= 0.3 is 121 Å². The van der Waals surface area contributed by atoms with Gasteiger partial charge < -0.3 is 0 Å². The van der Waals surface area contributed by atoms with Gasteiger partial charge in [-0.25, -0.2) is 0 Å². The van der Waals surface area contributed by atoms with Crippen LogP contribution in [0.25, 0.3) is 0 Å². The Morgan fingerprint density at radius 1 is 0.684 bits per heavy atom. The first-order chi connectivity index (χ1) is 9.24. The molecule has 0 heterocycles. The molecule has 0 radical (unpaired) electrons. The average molecular weight is 388 g/mol. The molecule has 0 fully saturated rings. The van der Waals surface area contributed by atoms with E-state index in [2.05, 4.69) is 0 Å². The molecule has 0 aliphatic heterocycles. The maximum atomic E-state index is 11.8. The fourth-order valence-corrected chi connectivity index (χ4v) is 6.95. The summed E-state index contributed by atoms with van der Waals surface area (Å²) < 4.78 is 28.9. The Balaban J connectivity index is 1.84. The summed E-state index contributed by atoms with van der Waals surface area (Å²) >= 11 is -4.99. The van der Waals surface area contributed by atoms with Crippen molar-refractivity contribution in [1.29, 1.82) is 0 Å². The first kappa shape index (κ1) is 14.4. The molecule has 19 heavy (non-hydrogen) atoms. The van der Waals surface area contributed by atoms with E-state index in [1.807, 2.05) is 60.7 Å². The van der Waals surface area contributed by atoms with E-state index in [-0.39, 0.29) is 0 Å². The van der Waals surface area contributed by atoms with Gasteiger partial charge in [-0.05, 0) is 0 Å². The van der Waals surface area contributed by atoms with Crippen molar-refractivity contribution in [2.24, 2.45) is 0 Å². The van der Waals surface area contributed by atoms with Crippen molar-refractivity contribution >= 4 is 28.3 Å². The molecule has 0 aromatic heterocycles. The second-order valence-corrected chi connectivity index (χ2v) is 9.46. The van der Waals surface area contributed by atoms with E-state index >= 15 is 0 Å². The van der Waals surface area contributed by atoms with Gasteiger partial charge in [0, 0.05) is 0 Å². The van der Waals surface area contributed by atoms with Gasteiger partial charge in [-0.2, -0.15) is 0 Å². The molecule has 0 saturated carbocycles. The van der Waals surface area contributed by atoms with Crippen molar-refractivity contribution < 1.29 is 10.6 Å². The van der Waals surface area contributed by atoms with E-state index in [9.17, 15) is 7.67 Å². The third-order valence-electron chi connectivity index (χ3n) is 2.41. The summed E-state index contributed by atoms with van der Waals surface area (Å²) in [5.41, 5.74) is 1.92. The second kappa shape index (κ2) is 7.59. The molecule has 3 nitrogen and oxygen atoms in total. The Kier molecular flexibility index (Phi) is 5.77. The summed E-state index contributed by atoms with van der Waals surface area (Å²) in [6, 6.07) is 19.0. The number of benzene rings is 2. The quantitative estimate of drug-likeness (QED) is 0.714. The van der Waals surface area contributed by atoms with Gasteiger partial charge in [-0.15, -0.1) is 0 Å². The fourth-order valence-electron chi connectivity index (χ4n) is 1.55. The van der Waals surface area contributed by atoms with E-state index in [0.29, 0.717) is 10.6 Å². The van der Waals surface area contributed by atoms with Gasteiger partial charge in [0.2, 0.25) is 0 Å². The molecular weight excluding hydrogens is 374 g/mol. The van der Waals surface area contributed by atoms with Crippen LogP contribution in [0.2, 0.25) is 0 Å². The average Bonchev–Trinajstić information content (AvgIpc) is 2.40. The van der Waals surface area contributed by atoms with Crippen LogP contribution >= 0.6 is 0 Å². The summed E-state index contributed by atoms with van der Waals surface area (Å²) in [6.45, 7) is 0. The monoisotopic (exact) mass is 390 g/mol. The van der Waals surface area contributed by atoms with Crippen LogP contribution in [0.15, 0.2) is 60.7 Å². The molecule has 2 aromatic carbocycles. The molecule has 0 atom stereocenters. The first-order valence-electron chi connectivity index (χ1n) is 5.77. The normalized spacial score (nSPS) is 13.9. The molecule has 0 bridgehead atoms. The molecule has 100 valence electrons. The standard InChI is InChI=1S/C14H14O3Se2/c15-18(11-13-7-3-1-4-8-13)17-19(16)12-14-9-5-2-6-10-14/h1-10H,11-12H2. The molecule has 0 aliphatic rings. The van der Waals surface area contributed by atoms with Crippen molar-refractivity contribution in [3.8, 4) is 0 Å². The molecule has 0 unspecified atom stereocenters. The van der Waals surface area contributed by atoms with Gasteiger partial charge in [0.25, 0.3) is 0 Å². The minimum atomic E-state index is -2.50. The zero-order chi connectivity index (χ0) is 13.5. The van der Waals surface area contributed by atoms with Crippen LogP contribution in [-0.2, 0) is 21.2 Å². The van der Waals surface area contributed by atoms with Crippen molar-refractivity contribution in [2.75, 3.05) is 0 Å². The third-order valence-corrected chi connectivity index (χ3v) is 8.74. The predicted octanol–water partition coefficient (Wildman–Crippen LogP) is 2.40. The van der Waals surface area contributed by atoms with E-state index in [4.69, 9.17) is 2.90 Å². The van der Waals surface area contributed by atoms with Gasteiger partial charge in [-0.3, -0.25) is 0 Å². The predicted molar refractivity (Wildman–Crippen MR) is 74.3 cm³/mol. The van der Waals surface area contributed by atoms with Crippen LogP contribution < -0.4 is 0 Å². The van der Waals surface area contributed by atoms with E-state index in [1.165, 1.54) is 0 Å². The van der Waals surface area contributed by atoms with Gasteiger partial charge in [0.05, 0.1) is 0 Å². The zero-order valence-electron chi connectivity index (χ0n) is 10.2. The topological polar surface area (TPSA) is 43.4 Å². The molecule has 2 rings (SSSR count). The van der Waals surface area contributed by atoms with Crippen LogP contribution in [0.4, 0.5) is 0 Å². The Bertz CT molecular complexity index is 504. The Morgan fingerprint density at radius 2 is 1.05 bits per heavy atom. The van der Waals surface area contributed by atoms with Gasteiger partial charge in [0.15, 0.2) is 0 Å². The second-order valence-electron chi connectivity index (χ2n) is 3.94. The molecule has 2 aromatic rings. The van der Waals surface area contributed by atoms with E-state index < -0.39 is 28.3 Å². The minimum absolute atomic E-state index is 0.373. The fraction of sp³-hybridized carbons (Fsp3) is 0.143. The Morgan fingerprint density at radius 3 is 1.42 bits per heavy atom. The van der Waals surface area contributed by atoms with Crippen molar-refractivity contribution in [1.82, 2.24) is 0 Å². The summed E-state index contributed by atoms with van der Waals surface area (Å²) in [4.78, 5) is 0. The van der Waals surface area contributed by atoms with Crippen LogP contribution in [0.5, 0.6) is 0 Å².